The Morgan fingerprint density at radius 3 is 2.52 bits per heavy atom. The number of anilines is 1. The van der Waals surface area contributed by atoms with Crippen LogP contribution < -0.4 is 9.64 Å². The number of morpholine rings is 2. The second kappa shape index (κ2) is 10.6. The first-order chi connectivity index (χ1) is 13.3. The van der Waals surface area contributed by atoms with E-state index in [9.17, 15) is 0 Å². The summed E-state index contributed by atoms with van der Waals surface area (Å²) in [6, 6.07) is 1.98. The largest absolute Gasteiger partial charge is 0.473 e. The number of nitrogens with zero attached hydrogens (tertiary/aromatic N) is 4. The van der Waals surface area contributed by atoms with Crippen LogP contribution in [0.1, 0.15) is 25.5 Å². The predicted molar refractivity (Wildman–Crippen MR) is 106 cm³/mol. The minimum Gasteiger partial charge on any atom is -0.473 e. The third-order valence-corrected chi connectivity index (χ3v) is 4.95. The molecule has 7 nitrogen and oxygen atoms in total. The van der Waals surface area contributed by atoms with E-state index < -0.39 is 0 Å². The highest BCUT2D eigenvalue weighted by Crippen LogP contribution is 2.20. The highest BCUT2D eigenvalue weighted by atomic mass is 16.5. The molecular formula is C20H32N4O3. The van der Waals surface area contributed by atoms with Crippen LogP contribution in [0, 0.1) is 0 Å². The minimum absolute atomic E-state index is 0.0817. The first-order valence-corrected chi connectivity index (χ1v) is 10.1. The van der Waals surface area contributed by atoms with Crippen molar-refractivity contribution in [1.29, 1.82) is 0 Å². The molecule has 0 N–H and O–H groups in total. The summed E-state index contributed by atoms with van der Waals surface area (Å²) >= 11 is 0. The van der Waals surface area contributed by atoms with E-state index in [0.29, 0.717) is 5.88 Å². The van der Waals surface area contributed by atoms with Crippen LogP contribution in [0.2, 0.25) is 0 Å². The number of hydrogen-bond acceptors (Lipinski definition) is 7. The van der Waals surface area contributed by atoms with Gasteiger partial charge in [-0.2, -0.15) is 4.98 Å². The Kier molecular flexibility index (Phi) is 7.86. The summed E-state index contributed by atoms with van der Waals surface area (Å²) in [6.45, 7) is 13.4. The second-order valence-corrected chi connectivity index (χ2v) is 6.97. The van der Waals surface area contributed by atoms with Gasteiger partial charge in [-0.1, -0.05) is 13.0 Å². The fraction of sp³-hybridized carbons (Fsp3) is 0.700. The summed E-state index contributed by atoms with van der Waals surface area (Å²) in [5.41, 5.74) is 1.01. The average molecular weight is 377 g/mol. The molecule has 27 heavy (non-hydrogen) atoms. The maximum absolute atomic E-state index is 6.35. The van der Waals surface area contributed by atoms with E-state index in [0.717, 1.165) is 90.1 Å². The zero-order valence-electron chi connectivity index (χ0n) is 16.4. The normalized spacial score (nSPS) is 19.7. The summed E-state index contributed by atoms with van der Waals surface area (Å²) in [4.78, 5) is 14.0. The Morgan fingerprint density at radius 2 is 1.85 bits per heavy atom. The van der Waals surface area contributed by atoms with Crippen LogP contribution in [-0.4, -0.2) is 80.1 Å². The summed E-state index contributed by atoms with van der Waals surface area (Å²) < 4.78 is 17.3. The Labute approximate surface area is 162 Å². The van der Waals surface area contributed by atoms with Crippen molar-refractivity contribution in [3.63, 3.8) is 0 Å². The standard InChI is InChI=1S/C20H32N4O3/c1-3-5-6-18(16-23-7-11-25-12-8-23)27-19-15-17(4-2)21-20(22-19)24-9-13-26-14-10-24/h3,15,18H,1,4-14,16H2,2H3/t18-/m0/s1. The monoisotopic (exact) mass is 376 g/mol. The molecule has 0 saturated carbocycles. The molecule has 3 rings (SSSR count). The minimum atomic E-state index is 0.0817. The number of allylic oxidation sites excluding steroid dienone is 1. The van der Waals surface area contributed by atoms with Crippen LogP contribution in [0.4, 0.5) is 5.95 Å². The lowest BCUT2D eigenvalue weighted by molar-refractivity contribution is 0.0174. The highest BCUT2D eigenvalue weighted by Gasteiger charge is 2.20. The van der Waals surface area contributed by atoms with Crippen LogP contribution in [0.5, 0.6) is 5.88 Å². The van der Waals surface area contributed by atoms with Crippen molar-refractivity contribution in [2.75, 3.05) is 64.1 Å². The maximum atomic E-state index is 6.35. The lowest BCUT2D eigenvalue weighted by atomic mass is 10.1. The van der Waals surface area contributed by atoms with Crippen LogP contribution in [0.3, 0.4) is 0 Å². The summed E-state index contributed by atoms with van der Waals surface area (Å²) in [5.74, 6) is 1.42. The maximum Gasteiger partial charge on any atom is 0.229 e. The molecule has 1 atom stereocenters. The van der Waals surface area contributed by atoms with Gasteiger partial charge in [0.2, 0.25) is 11.8 Å². The second-order valence-electron chi connectivity index (χ2n) is 6.97. The molecule has 150 valence electrons. The molecule has 0 spiro atoms. The number of hydrogen-bond donors (Lipinski definition) is 0. The summed E-state index contributed by atoms with van der Waals surface area (Å²) in [7, 11) is 0. The molecule has 1 aromatic rings. The third-order valence-electron chi connectivity index (χ3n) is 4.95. The molecule has 0 unspecified atom stereocenters. The van der Waals surface area contributed by atoms with E-state index in [1.54, 1.807) is 0 Å². The molecule has 0 amide bonds. The van der Waals surface area contributed by atoms with Gasteiger partial charge in [0.25, 0.3) is 0 Å². The van der Waals surface area contributed by atoms with Gasteiger partial charge in [0.05, 0.1) is 26.4 Å². The zero-order chi connectivity index (χ0) is 18.9. The average Bonchev–Trinajstić information content (AvgIpc) is 2.73. The number of aryl methyl sites for hydroxylation is 1. The van der Waals surface area contributed by atoms with Crippen molar-refractivity contribution in [3.8, 4) is 5.88 Å². The summed E-state index contributed by atoms with van der Waals surface area (Å²) in [5, 5.41) is 0. The van der Waals surface area contributed by atoms with E-state index in [2.05, 4.69) is 23.3 Å². The molecule has 1 aromatic heterocycles. The first-order valence-electron chi connectivity index (χ1n) is 10.1. The van der Waals surface area contributed by atoms with Gasteiger partial charge in [0, 0.05) is 44.5 Å². The van der Waals surface area contributed by atoms with Crippen molar-refractivity contribution in [2.24, 2.45) is 0 Å². The molecule has 2 aliphatic heterocycles. The molecule has 2 fully saturated rings. The van der Waals surface area contributed by atoms with Crippen molar-refractivity contribution in [2.45, 2.75) is 32.3 Å². The van der Waals surface area contributed by atoms with Crippen LogP contribution in [-0.2, 0) is 15.9 Å². The van der Waals surface area contributed by atoms with Crippen molar-refractivity contribution in [1.82, 2.24) is 14.9 Å². The lowest BCUT2D eigenvalue weighted by Crippen LogP contribution is -2.42. The van der Waals surface area contributed by atoms with Crippen LogP contribution in [0.25, 0.3) is 0 Å². The Morgan fingerprint density at radius 1 is 1.15 bits per heavy atom. The Hall–Kier alpha value is -1.70. The quantitative estimate of drug-likeness (QED) is 0.610. The lowest BCUT2D eigenvalue weighted by Gasteiger charge is -2.31. The van der Waals surface area contributed by atoms with Gasteiger partial charge in [-0.15, -0.1) is 6.58 Å². The highest BCUT2D eigenvalue weighted by molar-refractivity contribution is 5.35. The number of rotatable bonds is 9. The van der Waals surface area contributed by atoms with Crippen LogP contribution >= 0.6 is 0 Å². The van der Waals surface area contributed by atoms with Gasteiger partial charge in [-0.05, 0) is 19.3 Å². The third kappa shape index (κ3) is 6.16. The van der Waals surface area contributed by atoms with Gasteiger partial charge in [0.15, 0.2) is 0 Å². The van der Waals surface area contributed by atoms with E-state index in [1.807, 2.05) is 12.1 Å². The number of ether oxygens (including phenoxy) is 3. The fourth-order valence-corrected chi connectivity index (χ4v) is 3.34. The van der Waals surface area contributed by atoms with Gasteiger partial charge >= 0.3 is 0 Å². The fourth-order valence-electron chi connectivity index (χ4n) is 3.34. The van der Waals surface area contributed by atoms with E-state index in [4.69, 9.17) is 24.2 Å². The molecule has 2 aliphatic rings. The first kappa shape index (κ1) is 20.0. The smallest absolute Gasteiger partial charge is 0.229 e. The molecule has 0 bridgehead atoms. The van der Waals surface area contributed by atoms with Gasteiger partial charge in [-0.25, -0.2) is 4.98 Å². The zero-order valence-corrected chi connectivity index (χ0v) is 16.4. The number of aromatic nitrogens is 2. The molecule has 7 heteroatoms. The van der Waals surface area contributed by atoms with Crippen molar-refractivity contribution < 1.29 is 14.2 Å². The molecule has 3 heterocycles. The predicted octanol–water partition coefficient (Wildman–Crippen LogP) is 1.92. The van der Waals surface area contributed by atoms with E-state index in [-0.39, 0.29) is 6.10 Å². The van der Waals surface area contributed by atoms with Crippen LogP contribution in [0.15, 0.2) is 18.7 Å². The van der Waals surface area contributed by atoms with Crippen molar-refractivity contribution >= 4 is 5.95 Å². The molecule has 0 radical (unpaired) electrons. The van der Waals surface area contributed by atoms with E-state index >= 15 is 0 Å². The van der Waals surface area contributed by atoms with E-state index in [1.165, 1.54) is 0 Å². The molecular weight excluding hydrogens is 344 g/mol. The van der Waals surface area contributed by atoms with Gasteiger partial charge < -0.3 is 19.1 Å². The Balaban J connectivity index is 1.71. The molecule has 2 saturated heterocycles. The van der Waals surface area contributed by atoms with Crippen molar-refractivity contribution in [3.05, 3.63) is 24.4 Å². The SMILES string of the molecule is C=CCC[C@@H](CN1CCOCC1)Oc1cc(CC)nc(N2CCOCC2)n1. The van der Waals surface area contributed by atoms with Gasteiger partial charge in [0.1, 0.15) is 6.10 Å². The Bertz CT molecular complexity index is 587. The molecule has 0 aliphatic carbocycles. The topological polar surface area (TPSA) is 60.0 Å². The summed E-state index contributed by atoms with van der Waals surface area (Å²) in [6.07, 6.45) is 4.75. The van der Waals surface area contributed by atoms with Gasteiger partial charge in [-0.3, -0.25) is 4.90 Å². The molecule has 0 aromatic carbocycles.